The molecule has 4 aromatic rings. The smallest absolute Gasteiger partial charge is 0.319 e. The molecule has 3 aromatic carbocycles. The molecule has 1 aromatic heterocycles. The number of likely N-dealkylation sites (tertiary alicyclic amines) is 1. The van der Waals surface area contributed by atoms with E-state index in [0.29, 0.717) is 16.9 Å². The van der Waals surface area contributed by atoms with E-state index >= 15 is 0 Å². The van der Waals surface area contributed by atoms with Gasteiger partial charge in [0.15, 0.2) is 0 Å². The summed E-state index contributed by atoms with van der Waals surface area (Å²) in [6, 6.07) is 19.1. The second-order valence-electron chi connectivity index (χ2n) is 9.98. The maximum atomic E-state index is 13.1. The van der Waals surface area contributed by atoms with E-state index in [1.807, 2.05) is 60.2 Å². The van der Waals surface area contributed by atoms with Crippen molar-refractivity contribution in [3.8, 4) is 0 Å². The molecule has 1 aliphatic heterocycles. The van der Waals surface area contributed by atoms with Gasteiger partial charge in [-0.15, -0.1) is 0 Å². The minimum Gasteiger partial charge on any atom is -0.346 e. The number of amides is 3. The SMILES string of the molecule is CCn1cc(NC(=O)NCc2ccc(F)cc2)c2cc(NC(=O)c3ccc(CN4CCCCC4)cc3)ccc21. The van der Waals surface area contributed by atoms with Gasteiger partial charge in [0.25, 0.3) is 5.91 Å². The second-order valence-corrected chi connectivity index (χ2v) is 9.98. The van der Waals surface area contributed by atoms with E-state index in [1.165, 1.54) is 37.0 Å². The number of benzene rings is 3. The summed E-state index contributed by atoms with van der Waals surface area (Å²) in [6.07, 6.45) is 5.70. The van der Waals surface area contributed by atoms with Gasteiger partial charge in [0.05, 0.1) is 11.2 Å². The Hall–Kier alpha value is -4.17. The first-order chi connectivity index (χ1) is 19.0. The number of hydrogen-bond donors (Lipinski definition) is 3. The van der Waals surface area contributed by atoms with Crippen LogP contribution in [0.5, 0.6) is 0 Å². The van der Waals surface area contributed by atoms with Crippen LogP contribution >= 0.6 is 0 Å². The van der Waals surface area contributed by atoms with Crippen LogP contribution in [0.3, 0.4) is 0 Å². The summed E-state index contributed by atoms with van der Waals surface area (Å²) in [4.78, 5) is 28.1. The van der Waals surface area contributed by atoms with Crippen molar-refractivity contribution in [1.29, 1.82) is 0 Å². The summed E-state index contributed by atoms with van der Waals surface area (Å²) in [7, 11) is 0. The fraction of sp³-hybridized carbons (Fsp3) is 0.290. The van der Waals surface area contributed by atoms with Gasteiger partial charge in [0.1, 0.15) is 5.82 Å². The molecule has 39 heavy (non-hydrogen) atoms. The summed E-state index contributed by atoms with van der Waals surface area (Å²) in [5.41, 5.74) is 4.85. The number of hydrogen-bond acceptors (Lipinski definition) is 3. The molecule has 0 radical (unpaired) electrons. The molecule has 0 saturated carbocycles. The van der Waals surface area contributed by atoms with Gasteiger partial charge in [-0.1, -0.05) is 30.7 Å². The van der Waals surface area contributed by atoms with Crippen LogP contribution in [0.15, 0.2) is 72.9 Å². The third-order valence-electron chi connectivity index (χ3n) is 7.17. The predicted molar refractivity (Wildman–Crippen MR) is 153 cm³/mol. The van der Waals surface area contributed by atoms with Gasteiger partial charge >= 0.3 is 6.03 Å². The first kappa shape index (κ1) is 26.4. The lowest BCUT2D eigenvalue weighted by Crippen LogP contribution is -2.29. The van der Waals surface area contributed by atoms with Gasteiger partial charge in [0.2, 0.25) is 0 Å². The Balaban J connectivity index is 1.25. The number of halogens is 1. The molecular formula is C31H34FN5O2. The molecule has 0 aliphatic carbocycles. The number of aromatic nitrogens is 1. The molecule has 7 nitrogen and oxygen atoms in total. The summed E-state index contributed by atoms with van der Waals surface area (Å²) >= 11 is 0. The monoisotopic (exact) mass is 527 g/mol. The average Bonchev–Trinajstić information content (AvgIpc) is 3.30. The minimum atomic E-state index is -0.367. The molecule has 3 amide bonds. The molecule has 0 spiro atoms. The molecule has 1 aliphatic rings. The molecule has 5 rings (SSSR count). The number of urea groups is 1. The van der Waals surface area contributed by atoms with E-state index in [2.05, 4.69) is 20.9 Å². The number of nitrogens with one attached hydrogen (secondary N) is 3. The van der Waals surface area contributed by atoms with Crippen molar-refractivity contribution in [3.05, 3.63) is 95.4 Å². The van der Waals surface area contributed by atoms with Crippen molar-refractivity contribution in [1.82, 2.24) is 14.8 Å². The summed E-state index contributed by atoms with van der Waals surface area (Å²) in [5.74, 6) is -0.497. The Morgan fingerprint density at radius 2 is 1.59 bits per heavy atom. The number of nitrogens with zero attached hydrogens (tertiary/aromatic N) is 2. The van der Waals surface area contributed by atoms with Crippen molar-refractivity contribution in [2.75, 3.05) is 23.7 Å². The van der Waals surface area contributed by atoms with Crippen molar-refractivity contribution >= 4 is 34.2 Å². The third-order valence-corrected chi connectivity index (χ3v) is 7.17. The molecule has 1 fully saturated rings. The maximum Gasteiger partial charge on any atom is 0.319 e. The van der Waals surface area contributed by atoms with Crippen LogP contribution in [0.2, 0.25) is 0 Å². The number of piperidine rings is 1. The molecule has 0 unspecified atom stereocenters. The van der Waals surface area contributed by atoms with Crippen LogP contribution in [0.4, 0.5) is 20.6 Å². The highest BCUT2D eigenvalue weighted by atomic mass is 19.1. The largest absolute Gasteiger partial charge is 0.346 e. The fourth-order valence-corrected chi connectivity index (χ4v) is 5.03. The molecule has 1 saturated heterocycles. The number of carbonyl (C=O) groups excluding carboxylic acids is 2. The van der Waals surface area contributed by atoms with Gasteiger partial charge in [0, 0.05) is 42.5 Å². The Morgan fingerprint density at radius 3 is 2.31 bits per heavy atom. The van der Waals surface area contributed by atoms with E-state index in [1.54, 1.807) is 12.1 Å². The number of carbonyl (C=O) groups is 2. The zero-order chi connectivity index (χ0) is 27.2. The highest BCUT2D eigenvalue weighted by Gasteiger charge is 2.14. The zero-order valence-electron chi connectivity index (χ0n) is 22.2. The minimum absolute atomic E-state index is 0.180. The van der Waals surface area contributed by atoms with Crippen LogP contribution in [-0.4, -0.2) is 34.5 Å². The van der Waals surface area contributed by atoms with E-state index in [-0.39, 0.29) is 24.3 Å². The van der Waals surface area contributed by atoms with Crippen LogP contribution in [0.1, 0.15) is 47.7 Å². The summed E-state index contributed by atoms with van der Waals surface area (Å²) in [6.45, 7) is 6.22. The van der Waals surface area contributed by atoms with Crippen molar-refractivity contribution in [2.45, 2.75) is 45.8 Å². The fourth-order valence-electron chi connectivity index (χ4n) is 5.03. The van der Waals surface area contributed by atoms with Gasteiger partial charge in [-0.05, 0) is 86.4 Å². The van der Waals surface area contributed by atoms with Crippen molar-refractivity contribution in [3.63, 3.8) is 0 Å². The summed E-state index contributed by atoms with van der Waals surface area (Å²) in [5, 5.41) is 9.53. The first-order valence-corrected chi connectivity index (χ1v) is 13.5. The van der Waals surface area contributed by atoms with Gasteiger partial charge in [-0.25, -0.2) is 9.18 Å². The van der Waals surface area contributed by atoms with Crippen LogP contribution < -0.4 is 16.0 Å². The lowest BCUT2D eigenvalue weighted by atomic mass is 10.1. The van der Waals surface area contributed by atoms with E-state index in [9.17, 15) is 14.0 Å². The molecule has 0 bridgehead atoms. The maximum absolute atomic E-state index is 13.1. The highest BCUT2D eigenvalue weighted by Crippen LogP contribution is 2.29. The molecule has 2 heterocycles. The van der Waals surface area contributed by atoms with Gasteiger partial charge in [-0.2, -0.15) is 0 Å². The zero-order valence-corrected chi connectivity index (χ0v) is 22.2. The Kier molecular flexibility index (Phi) is 8.22. The molecule has 0 atom stereocenters. The lowest BCUT2D eigenvalue weighted by molar-refractivity contribution is 0.102. The lowest BCUT2D eigenvalue weighted by Gasteiger charge is -2.26. The summed E-state index contributed by atoms with van der Waals surface area (Å²) < 4.78 is 15.2. The Bertz CT molecular complexity index is 1440. The van der Waals surface area contributed by atoms with Crippen LogP contribution in [0, 0.1) is 5.82 Å². The molecule has 3 N–H and O–H groups in total. The van der Waals surface area contributed by atoms with Crippen LogP contribution in [0.25, 0.3) is 10.9 Å². The van der Waals surface area contributed by atoms with Gasteiger partial charge < -0.3 is 20.5 Å². The highest BCUT2D eigenvalue weighted by molar-refractivity contribution is 6.07. The normalized spacial score (nSPS) is 13.8. The Labute approximate surface area is 228 Å². The standard InChI is InChI=1S/C31H34FN5O2/c1-2-37-21-28(35-31(39)33-19-22-8-12-25(32)13-9-22)27-18-26(14-15-29(27)37)34-30(38)24-10-6-23(7-11-24)20-36-16-4-3-5-17-36/h6-15,18,21H,2-5,16-17,19-20H2,1H3,(H,34,38)(H2,33,35,39). The van der Waals surface area contributed by atoms with E-state index in [0.717, 1.165) is 42.6 Å². The number of fused-ring (bicyclic) bond motifs is 1. The molecule has 8 heteroatoms. The van der Waals surface area contributed by atoms with Crippen LogP contribution in [-0.2, 0) is 19.6 Å². The van der Waals surface area contributed by atoms with E-state index < -0.39 is 0 Å². The molecular weight excluding hydrogens is 493 g/mol. The van der Waals surface area contributed by atoms with Crippen molar-refractivity contribution < 1.29 is 14.0 Å². The third kappa shape index (κ3) is 6.64. The topological polar surface area (TPSA) is 78.4 Å². The van der Waals surface area contributed by atoms with Gasteiger partial charge in [-0.3, -0.25) is 9.69 Å². The first-order valence-electron chi connectivity index (χ1n) is 13.5. The van der Waals surface area contributed by atoms with E-state index in [4.69, 9.17) is 0 Å². The predicted octanol–water partition coefficient (Wildman–Crippen LogP) is 6.36. The average molecular weight is 528 g/mol. The molecule has 202 valence electrons. The number of aryl methyl sites for hydroxylation is 1. The van der Waals surface area contributed by atoms with Crippen molar-refractivity contribution in [2.24, 2.45) is 0 Å². The Morgan fingerprint density at radius 1 is 0.872 bits per heavy atom. The number of anilines is 2. The quantitative estimate of drug-likeness (QED) is 0.250. The number of rotatable bonds is 8. The second kappa shape index (κ2) is 12.1.